The minimum atomic E-state index is -0.778. The lowest BCUT2D eigenvalue weighted by atomic mass is 10.1. The number of carboxylic acid groups (broad SMARTS) is 1. The van der Waals surface area contributed by atoms with Crippen molar-refractivity contribution in [2.24, 2.45) is 0 Å². The number of hydrogen-bond donors (Lipinski definition) is 1. The van der Waals surface area contributed by atoms with Gasteiger partial charge in [0.2, 0.25) is 0 Å². The molecule has 0 aromatic heterocycles. The van der Waals surface area contributed by atoms with E-state index in [-0.39, 0.29) is 6.29 Å². The molecule has 0 amide bonds. The molecule has 1 N–H and O–H groups in total. The van der Waals surface area contributed by atoms with E-state index in [0.29, 0.717) is 12.0 Å². The molecule has 1 rings (SSSR count). The largest absolute Gasteiger partial charge is 0.478 e. The lowest BCUT2D eigenvalue weighted by Gasteiger charge is -2.22. The Morgan fingerprint density at radius 3 is 2.67 bits per heavy atom. The van der Waals surface area contributed by atoms with E-state index >= 15 is 0 Å². The molecule has 1 unspecified atom stereocenters. The van der Waals surface area contributed by atoms with Gasteiger partial charge < -0.3 is 14.6 Å². The maximum absolute atomic E-state index is 10.8. The summed E-state index contributed by atoms with van der Waals surface area (Å²) in [6, 6.07) is 0. The smallest absolute Gasteiger partial charge is 0.331 e. The van der Waals surface area contributed by atoms with Crippen molar-refractivity contribution < 1.29 is 19.4 Å². The van der Waals surface area contributed by atoms with E-state index in [2.05, 4.69) is 0 Å². The van der Waals surface area contributed by atoms with Gasteiger partial charge in [-0.3, -0.25) is 0 Å². The summed E-state index contributed by atoms with van der Waals surface area (Å²) in [6.45, 7) is 3.52. The predicted octanol–water partition coefficient (Wildman–Crippen LogP) is 4.29. The van der Waals surface area contributed by atoms with E-state index in [1.54, 1.807) is 0 Å². The third-order valence-corrected chi connectivity index (χ3v) is 3.84. The molecule has 1 heterocycles. The molecule has 0 radical (unpaired) electrons. The van der Waals surface area contributed by atoms with Crippen molar-refractivity contribution in [3.8, 4) is 0 Å². The number of aliphatic carboxylic acids is 1. The Morgan fingerprint density at radius 2 is 2.00 bits per heavy atom. The highest BCUT2D eigenvalue weighted by molar-refractivity contribution is 5.86. The summed E-state index contributed by atoms with van der Waals surface area (Å²) in [5, 5.41) is 8.89. The first-order valence-electron chi connectivity index (χ1n) is 8.39. The van der Waals surface area contributed by atoms with Crippen LogP contribution < -0.4 is 0 Å². The molecule has 21 heavy (non-hydrogen) atoms. The average Bonchev–Trinajstić information content (AvgIpc) is 2.50. The number of carboxylic acids is 1. The van der Waals surface area contributed by atoms with Crippen LogP contribution in [0.1, 0.15) is 71.1 Å². The van der Waals surface area contributed by atoms with E-state index in [1.807, 2.05) is 13.0 Å². The lowest BCUT2D eigenvalue weighted by Crippen LogP contribution is -2.22. The Balaban J connectivity index is 1.89. The topological polar surface area (TPSA) is 55.8 Å². The first-order chi connectivity index (χ1) is 10.2. The van der Waals surface area contributed by atoms with Crippen LogP contribution in [-0.4, -0.2) is 30.6 Å². The highest BCUT2D eigenvalue weighted by atomic mass is 16.7. The van der Waals surface area contributed by atoms with Crippen molar-refractivity contribution in [1.29, 1.82) is 0 Å². The molecule has 1 atom stereocenters. The molecule has 0 spiro atoms. The fourth-order valence-electron chi connectivity index (χ4n) is 2.49. The molecule has 122 valence electrons. The van der Waals surface area contributed by atoms with Gasteiger partial charge in [-0.1, -0.05) is 32.3 Å². The van der Waals surface area contributed by atoms with Crippen molar-refractivity contribution in [2.45, 2.75) is 77.4 Å². The quantitative estimate of drug-likeness (QED) is 0.456. The highest BCUT2D eigenvalue weighted by Gasteiger charge is 2.13. The average molecular weight is 298 g/mol. The van der Waals surface area contributed by atoms with Gasteiger partial charge in [-0.15, -0.1) is 0 Å². The van der Waals surface area contributed by atoms with E-state index in [4.69, 9.17) is 14.6 Å². The van der Waals surface area contributed by atoms with Crippen LogP contribution in [-0.2, 0) is 14.3 Å². The summed E-state index contributed by atoms with van der Waals surface area (Å²) in [6.07, 6.45) is 12.5. The second-order valence-corrected chi connectivity index (χ2v) is 5.61. The summed E-state index contributed by atoms with van der Waals surface area (Å²) < 4.78 is 11.2. The number of rotatable bonds is 11. The number of unbranched alkanes of at least 4 members (excludes halogenated alkanes) is 5. The van der Waals surface area contributed by atoms with E-state index in [9.17, 15) is 4.79 Å². The predicted molar refractivity (Wildman–Crippen MR) is 83.3 cm³/mol. The van der Waals surface area contributed by atoms with Crippen LogP contribution in [0, 0.1) is 0 Å². The van der Waals surface area contributed by atoms with E-state index in [1.165, 1.54) is 19.3 Å². The molecule has 0 saturated carbocycles. The minimum Gasteiger partial charge on any atom is -0.478 e. The lowest BCUT2D eigenvalue weighted by molar-refractivity contribution is -0.162. The maximum Gasteiger partial charge on any atom is 0.331 e. The number of hydrogen-bond acceptors (Lipinski definition) is 3. The van der Waals surface area contributed by atoms with Gasteiger partial charge in [-0.2, -0.15) is 0 Å². The summed E-state index contributed by atoms with van der Waals surface area (Å²) in [4.78, 5) is 10.8. The van der Waals surface area contributed by atoms with Crippen LogP contribution in [0.5, 0.6) is 0 Å². The van der Waals surface area contributed by atoms with E-state index < -0.39 is 5.97 Å². The van der Waals surface area contributed by atoms with Crippen LogP contribution in [0.4, 0.5) is 0 Å². The molecule has 1 aliphatic heterocycles. The summed E-state index contributed by atoms with van der Waals surface area (Å²) in [7, 11) is 0. The summed E-state index contributed by atoms with van der Waals surface area (Å²) in [5.41, 5.74) is 0.538. The Labute approximate surface area is 128 Å². The second kappa shape index (κ2) is 11.8. The van der Waals surface area contributed by atoms with Gasteiger partial charge in [0.25, 0.3) is 0 Å². The van der Waals surface area contributed by atoms with Gasteiger partial charge in [-0.05, 0) is 44.9 Å². The fourth-order valence-corrected chi connectivity index (χ4v) is 2.49. The molecule has 0 bridgehead atoms. The Hall–Kier alpha value is -0.870. The fraction of sp³-hybridized carbons (Fsp3) is 0.824. The van der Waals surface area contributed by atoms with E-state index in [0.717, 1.165) is 51.7 Å². The van der Waals surface area contributed by atoms with Gasteiger partial charge in [-0.25, -0.2) is 4.79 Å². The third-order valence-electron chi connectivity index (χ3n) is 3.84. The molecular formula is C17H30O4. The van der Waals surface area contributed by atoms with Crippen LogP contribution in [0.2, 0.25) is 0 Å². The van der Waals surface area contributed by atoms with Gasteiger partial charge in [0, 0.05) is 18.8 Å². The number of ether oxygens (including phenoxy) is 2. The first-order valence-corrected chi connectivity index (χ1v) is 8.39. The maximum atomic E-state index is 10.8. The molecule has 1 fully saturated rings. The number of allylic oxidation sites excluding steroid dienone is 1. The van der Waals surface area contributed by atoms with Crippen LogP contribution >= 0.6 is 0 Å². The molecule has 1 aliphatic rings. The first kappa shape index (κ1) is 18.2. The normalized spacial score (nSPS) is 19.7. The van der Waals surface area contributed by atoms with Crippen molar-refractivity contribution in [2.75, 3.05) is 13.2 Å². The molecule has 4 heteroatoms. The zero-order valence-electron chi connectivity index (χ0n) is 13.3. The van der Waals surface area contributed by atoms with Crippen LogP contribution in [0.15, 0.2) is 11.6 Å². The van der Waals surface area contributed by atoms with Gasteiger partial charge >= 0.3 is 5.97 Å². The molecule has 1 saturated heterocycles. The third kappa shape index (κ3) is 8.89. The standard InChI is InChI=1S/C17H30O4/c1-2-15(17(18)19)11-7-5-3-4-6-9-13-20-16-12-8-10-14-21-16/h11,16H,2-10,12-14H2,1H3,(H,18,19)/b15-11+. The molecular weight excluding hydrogens is 268 g/mol. The van der Waals surface area contributed by atoms with Gasteiger partial charge in [0.1, 0.15) is 0 Å². The second-order valence-electron chi connectivity index (χ2n) is 5.61. The monoisotopic (exact) mass is 298 g/mol. The number of carbonyl (C=O) groups is 1. The molecule has 0 aromatic carbocycles. The molecule has 0 aromatic rings. The van der Waals surface area contributed by atoms with Crippen molar-refractivity contribution in [1.82, 2.24) is 0 Å². The SMILES string of the molecule is CC/C(=C\CCCCCCCOC1CCCCO1)C(=O)O. The Bertz CT molecular complexity index is 306. The van der Waals surface area contributed by atoms with Gasteiger partial charge in [0.15, 0.2) is 6.29 Å². The molecule has 4 nitrogen and oxygen atoms in total. The van der Waals surface area contributed by atoms with Gasteiger partial charge in [0.05, 0.1) is 0 Å². The zero-order chi connectivity index (χ0) is 15.3. The van der Waals surface area contributed by atoms with Crippen molar-refractivity contribution in [3.05, 3.63) is 11.6 Å². The van der Waals surface area contributed by atoms with Crippen LogP contribution in [0.3, 0.4) is 0 Å². The summed E-state index contributed by atoms with van der Waals surface area (Å²) >= 11 is 0. The zero-order valence-corrected chi connectivity index (χ0v) is 13.3. The van der Waals surface area contributed by atoms with Crippen molar-refractivity contribution >= 4 is 5.97 Å². The summed E-state index contributed by atoms with van der Waals surface area (Å²) in [5.74, 6) is -0.778. The molecule has 0 aliphatic carbocycles. The Morgan fingerprint density at radius 1 is 1.24 bits per heavy atom. The Kier molecular flexibility index (Phi) is 10.2. The highest BCUT2D eigenvalue weighted by Crippen LogP contribution is 2.14. The van der Waals surface area contributed by atoms with Crippen LogP contribution in [0.25, 0.3) is 0 Å². The minimum absolute atomic E-state index is 0.0346. The van der Waals surface area contributed by atoms with Crippen molar-refractivity contribution in [3.63, 3.8) is 0 Å².